The van der Waals surface area contributed by atoms with Gasteiger partial charge < -0.3 is 5.32 Å². The molecule has 0 heterocycles. The number of hydrogen-bond donors (Lipinski definition) is 4. The molecule has 0 amide bonds. The molecule has 4 nitrogen and oxygen atoms in total. The van der Waals surface area contributed by atoms with E-state index in [9.17, 15) is 0 Å². The average molecular weight is 423 g/mol. The van der Waals surface area contributed by atoms with Crippen LogP contribution in [0.4, 0.5) is 0 Å². The van der Waals surface area contributed by atoms with Crippen LogP contribution in [0.2, 0.25) is 0 Å². The summed E-state index contributed by atoms with van der Waals surface area (Å²) in [6.45, 7) is 9.08. The predicted octanol–water partition coefficient (Wildman–Crippen LogP) is 5.82. The van der Waals surface area contributed by atoms with Crippen LogP contribution in [0, 0.1) is 0 Å². The van der Waals surface area contributed by atoms with E-state index in [0.717, 1.165) is 13.1 Å². The maximum absolute atomic E-state index is 4.18. The summed E-state index contributed by atoms with van der Waals surface area (Å²) in [6.07, 6.45) is 22.7. The van der Waals surface area contributed by atoms with E-state index in [4.69, 9.17) is 0 Å². The number of unbranched alkanes of at least 4 members (excludes halogenated alkanes) is 5. The summed E-state index contributed by atoms with van der Waals surface area (Å²) >= 11 is 0. The fourth-order valence-corrected chi connectivity index (χ4v) is 5.49. The molecule has 0 radical (unpaired) electrons. The maximum Gasteiger partial charge on any atom is 0.139 e. The first kappa shape index (κ1) is 26.1. The van der Waals surface area contributed by atoms with Gasteiger partial charge in [0, 0.05) is 12.1 Å². The van der Waals surface area contributed by atoms with Gasteiger partial charge in [-0.3, -0.25) is 16.0 Å². The molecule has 0 aromatic heterocycles. The molecule has 0 spiro atoms. The molecular weight excluding hydrogens is 368 g/mol. The Morgan fingerprint density at radius 3 is 1.73 bits per heavy atom. The van der Waals surface area contributed by atoms with E-state index < -0.39 is 0 Å². The third-order valence-electron chi connectivity index (χ3n) is 7.24. The summed E-state index contributed by atoms with van der Waals surface area (Å²) in [5, 5.41) is 16.4. The Balaban J connectivity index is 2.11. The molecule has 178 valence electrons. The Morgan fingerprint density at radius 2 is 1.20 bits per heavy atom. The molecule has 0 aromatic carbocycles. The first-order chi connectivity index (χ1) is 14.7. The zero-order valence-electron chi connectivity index (χ0n) is 20.7. The Bertz CT molecular complexity index is 384. The highest BCUT2D eigenvalue weighted by Crippen LogP contribution is 2.26. The molecule has 0 saturated heterocycles. The standard InChI is InChI=1S/C26H54N4/c1-4-7-8-9-10-11-20-25(27-21-5-2)26(28-22-6-3,29-23-16-12-13-17-23)30-24-18-14-15-19-24/h23-25,27-30H,4-22H2,1-3H3. The lowest BCUT2D eigenvalue weighted by Gasteiger charge is -2.47. The van der Waals surface area contributed by atoms with E-state index >= 15 is 0 Å². The van der Waals surface area contributed by atoms with Crippen LogP contribution >= 0.6 is 0 Å². The highest BCUT2D eigenvalue weighted by molar-refractivity contribution is 5.00. The Hall–Kier alpha value is -0.160. The molecule has 4 N–H and O–H groups in total. The van der Waals surface area contributed by atoms with Gasteiger partial charge in [0.05, 0.1) is 6.04 Å². The van der Waals surface area contributed by atoms with Gasteiger partial charge in [0.15, 0.2) is 0 Å². The van der Waals surface area contributed by atoms with Crippen molar-refractivity contribution >= 4 is 0 Å². The molecule has 2 aliphatic carbocycles. The number of hydrogen-bond acceptors (Lipinski definition) is 4. The van der Waals surface area contributed by atoms with E-state index in [1.54, 1.807) is 0 Å². The summed E-state index contributed by atoms with van der Waals surface area (Å²) in [4.78, 5) is 0. The van der Waals surface area contributed by atoms with Crippen LogP contribution in [0.15, 0.2) is 0 Å². The minimum atomic E-state index is -0.168. The van der Waals surface area contributed by atoms with E-state index in [0.29, 0.717) is 18.1 Å². The summed E-state index contributed by atoms with van der Waals surface area (Å²) in [5.74, 6) is -0.168. The summed E-state index contributed by atoms with van der Waals surface area (Å²) in [6, 6.07) is 1.74. The van der Waals surface area contributed by atoms with Crippen LogP contribution in [-0.4, -0.2) is 37.0 Å². The second-order valence-corrected chi connectivity index (χ2v) is 10.0. The first-order valence-corrected chi connectivity index (χ1v) is 13.8. The second-order valence-electron chi connectivity index (χ2n) is 10.0. The first-order valence-electron chi connectivity index (χ1n) is 13.8. The van der Waals surface area contributed by atoms with Gasteiger partial charge in [0.2, 0.25) is 0 Å². The van der Waals surface area contributed by atoms with E-state index in [2.05, 4.69) is 42.0 Å². The van der Waals surface area contributed by atoms with Gasteiger partial charge in [0.25, 0.3) is 0 Å². The fraction of sp³-hybridized carbons (Fsp3) is 1.00. The van der Waals surface area contributed by atoms with Gasteiger partial charge in [-0.15, -0.1) is 0 Å². The zero-order valence-corrected chi connectivity index (χ0v) is 20.7. The van der Waals surface area contributed by atoms with Crippen LogP contribution in [0.25, 0.3) is 0 Å². The van der Waals surface area contributed by atoms with Gasteiger partial charge >= 0.3 is 0 Å². The van der Waals surface area contributed by atoms with Crippen molar-refractivity contribution in [3.05, 3.63) is 0 Å². The summed E-state index contributed by atoms with van der Waals surface area (Å²) in [5.41, 5.74) is 0. The molecule has 4 heteroatoms. The van der Waals surface area contributed by atoms with Gasteiger partial charge in [-0.05, 0) is 58.0 Å². The largest absolute Gasteiger partial charge is 0.310 e. The number of nitrogens with one attached hydrogen (secondary N) is 4. The highest BCUT2D eigenvalue weighted by atomic mass is 15.4. The molecular formula is C26H54N4. The number of rotatable bonds is 18. The van der Waals surface area contributed by atoms with Crippen LogP contribution in [0.5, 0.6) is 0 Å². The van der Waals surface area contributed by atoms with Crippen molar-refractivity contribution in [2.24, 2.45) is 0 Å². The van der Waals surface area contributed by atoms with Crippen molar-refractivity contribution in [2.45, 2.75) is 154 Å². The zero-order chi connectivity index (χ0) is 21.5. The van der Waals surface area contributed by atoms with Gasteiger partial charge in [0.1, 0.15) is 5.79 Å². The van der Waals surface area contributed by atoms with Crippen LogP contribution in [0.3, 0.4) is 0 Å². The quantitative estimate of drug-likeness (QED) is 0.166. The monoisotopic (exact) mass is 422 g/mol. The van der Waals surface area contributed by atoms with Crippen molar-refractivity contribution in [3.8, 4) is 0 Å². The molecule has 0 aromatic rings. The summed E-state index contributed by atoms with van der Waals surface area (Å²) in [7, 11) is 0. The molecule has 1 atom stereocenters. The Kier molecular flexibility index (Phi) is 13.6. The van der Waals surface area contributed by atoms with Crippen molar-refractivity contribution in [1.29, 1.82) is 0 Å². The Morgan fingerprint density at radius 1 is 0.667 bits per heavy atom. The van der Waals surface area contributed by atoms with Gasteiger partial charge in [-0.25, -0.2) is 0 Å². The second kappa shape index (κ2) is 15.6. The molecule has 0 aliphatic heterocycles. The third-order valence-corrected chi connectivity index (χ3v) is 7.24. The fourth-order valence-electron chi connectivity index (χ4n) is 5.49. The van der Waals surface area contributed by atoms with Crippen molar-refractivity contribution in [2.75, 3.05) is 13.1 Å². The minimum Gasteiger partial charge on any atom is -0.310 e. The normalized spacial score (nSPS) is 19.7. The molecule has 2 aliphatic rings. The third kappa shape index (κ3) is 9.14. The highest BCUT2D eigenvalue weighted by Gasteiger charge is 2.41. The van der Waals surface area contributed by atoms with Crippen molar-refractivity contribution in [3.63, 3.8) is 0 Å². The molecule has 30 heavy (non-hydrogen) atoms. The SMILES string of the molecule is CCCCCCCCC(NCCC)C(NCCC)(NC1CCCC1)NC1CCCC1. The predicted molar refractivity (Wildman–Crippen MR) is 132 cm³/mol. The smallest absolute Gasteiger partial charge is 0.139 e. The molecule has 1 unspecified atom stereocenters. The molecule has 2 saturated carbocycles. The van der Waals surface area contributed by atoms with E-state index in [1.165, 1.54) is 109 Å². The lowest BCUT2D eigenvalue weighted by molar-refractivity contribution is 0.0956. The lowest BCUT2D eigenvalue weighted by Crippen LogP contribution is -2.78. The van der Waals surface area contributed by atoms with E-state index in [1.807, 2.05) is 0 Å². The minimum absolute atomic E-state index is 0.168. The molecule has 2 fully saturated rings. The van der Waals surface area contributed by atoms with E-state index in [-0.39, 0.29) is 5.79 Å². The summed E-state index contributed by atoms with van der Waals surface area (Å²) < 4.78 is 0. The lowest BCUT2D eigenvalue weighted by atomic mass is 9.97. The van der Waals surface area contributed by atoms with Gasteiger partial charge in [-0.2, -0.15) is 0 Å². The van der Waals surface area contributed by atoms with Gasteiger partial charge in [-0.1, -0.05) is 85.0 Å². The molecule has 0 bridgehead atoms. The Labute approximate surface area is 188 Å². The molecule has 2 rings (SSSR count). The topological polar surface area (TPSA) is 48.1 Å². The van der Waals surface area contributed by atoms with Crippen molar-refractivity contribution < 1.29 is 0 Å². The van der Waals surface area contributed by atoms with Crippen LogP contribution in [0.1, 0.15) is 130 Å². The van der Waals surface area contributed by atoms with Crippen LogP contribution in [-0.2, 0) is 0 Å². The van der Waals surface area contributed by atoms with Crippen molar-refractivity contribution in [1.82, 2.24) is 21.3 Å². The maximum atomic E-state index is 4.18. The average Bonchev–Trinajstić information content (AvgIpc) is 3.45. The van der Waals surface area contributed by atoms with Crippen LogP contribution < -0.4 is 21.3 Å².